The highest BCUT2D eigenvalue weighted by molar-refractivity contribution is 6.01. The van der Waals surface area contributed by atoms with Gasteiger partial charge in [-0.25, -0.2) is 0 Å². The van der Waals surface area contributed by atoms with Gasteiger partial charge in [0.25, 0.3) is 0 Å². The van der Waals surface area contributed by atoms with E-state index in [0.717, 1.165) is 25.7 Å². The van der Waals surface area contributed by atoms with Crippen molar-refractivity contribution >= 4 is 11.8 Å². The van der Waals surface area contributed by atoms with E-state index in [1.165, 1.54) is 6.08 Å². The van der Waals surface area contributed by atoms with Crippen LogP contribution in [0.4, 0.5) is 0 Å². The number of methoxy groups -OCH3 is 1. The van der Waals surface area contributed by atoms with E-state index in [9.17, 15) is 9.59 Å². The van der Waals surface area contributed by atoms with Crippen molar-refractivity contribution in [2.45, 2.75) is 65.4 Å². The summed E-state index contributed by atoms with van der Waals surface area (Å²) in [6.45, 7) is 8.38. The Bertz CT molecular complexity index is 345. The average molecular weight is 298 g/mol. The summed E-state index contributed by atoms with van der Waals surface area (Å²) in [5.41, 5.74) is -0.0643. The molecule has 0 fully saturated rings. The van der Waals surface area contributed by atoms with Gasteiger partial charge in [-0.2, -0.15) is 0 Å². The van der Waals surface area contributed by atoms with Gasteiger partial charge in [0.15, 0.2) is 5.78 Å². The van der Waals surface area contributed by atoms with Crippen molar-refractivity contribution in [1.82, 2.24) is 0 Å². The highest BCUT2D eigenvalue weighted by Gasteiger charge is 2.15. The molecule has 0 aliphatic heterocycles. The highest BCUT2D eigenvalue weighted by Crippen LogP contribution is 2.20. The lowest BCUT2D eigenvalue weighted by Crippen LogP contribution is -2.22. The van der Waals surface area contributed by atoms with Crippen molar-refractivity contribution in [3.05, 3.63) is 12.2 Å². The van der Waals surface area contributed by atoms with Crippen molar-refractivity contribution in [2.75, 3.05) is 13.7 Å². The Balaban J connectivity index is 3.86. The Labute approximate surface area is 128 Å². The fourth-order valence-corrected chi connectivity index (χ4v) is 1.94. The molecule has 0 aliphatic rings. The lowest BCUT2D eigenvalue weighted by atomic mass is 9.95. The van der Waals surface area contributed by atoms with Crippen LogP contribution in [-0.2, 0) is 19.1 Å². The van der Waals surface area contributed by atoms with Gasteiger partial charge >= 0.3 is 5.97 Å². The first kappa shape index (κ1) is 19.8. The molecule has 0 saturated heterocycles. The predicted octanol–water partition coefficient (Wildman–Crippen LogP) is 3.69. The van der Waals surface area contributed by atoms with Gasteiger partial charge in [0.2, 0.25) is 0 Å². The van der Waals surface area contributed by atoms with Crippen LogP contribution in [0.25, 0.3) is 0 Å². The molecule has 4 nitrogen and oxygen atoms in total. The summed E-state index contributed by atoms with van der Waals surface area (Å²) in [5.74, 6) is -0.132. The van der Waals surface area contributed by atoms with Crippen LogP contribution in [0.5, 0.6) is 0 Å². The lowest BCUT2D eigenvalue weighted by molar-refractivity contribution is -0.144. The van der Waals surface area contributed by atoms with Crippen molar-refractivity contribution < 1.29 is 19.1 Å². The number of hydrogen-bond donors (Lipinski definition) is 0. The first-order valence-corrected chi connectivity index (χ1v) is 7.71. The predicted molar refractivity (Wildman–Crippen MR) is 84.1 cm³/mol. The van der Waals surface area contributed by atoms with E-state index in [0.29, 0.717) is 12.5 Å². The Hall–Kier alpha value is -1.16. The molecule has 0 bridgehead atoms. The summed E-state index contributed by atoms with van der Waals surface area (Å²) in [7, 11) is 1.74. The van der Waals surface area contributed by atoms with Crippen molar-refractivity contribution in [2.24, 2.45) is 5.92 Å². The van der Waals surface area contributed by atoms with Crippen LogP contribution in [0.2, 0.25) is 0 Å². The van der Waals surface area contributed by atoms with Gasteiger partial charge < -0.3 is 9.47 Å². The number of ether oxygens (including phenoxy) is 2. The standard InChI is InChI=1S/C17H30O4/c1-6-21-16(19)13-15(18)11-7-9-14(2)10-8-12-17(3,4)20-5/h7,11,14H,6,8-10,12-13H2,1-5H3. The molecule has 122 valence electrons. The third kappa shape index (κ3) is 11.2. The van der Waals surface area contributed by atoms with Crippen LogP contribution in [0, 0.1) is 5.92 Å². The molecule has 0 radical (unpaired) electrons. The highest BCUT2D eigenvalue weighted by atomic mass is 16.5. The molecule has 4 heteroatoms. The quantitative estimate of drug-likeness (QED) is 0.332. The van der Waals surface area contributed by atoms with Gasteiger partial charge in [0.1, 0.15) is 6.42 Å². The normalized spacial score (nSPS) is 13.4. The number of carbonyl (C=O) groups is 2. The zero-order chi connectivity index (χ0) is 16.3. The van der Waals surface area contributed by atoms with Crippen molar-refractivity contribution in [1.29, 1.82) is 0 Å². The maximum absolute atomic E-state index is 11.5. The smallest absolute Gasteiger partial charge is 0.313 e. The molecule has 0 aromatic rings. The van der Waals surface area contributed by atoms with E-state index in [1.807, 2.05) is 6.08 Å². The van der Waals surface area contributed by atoms with Gasteiger partial charge in [0, 0.05) is 7.11 Å². The van der Waals surface area contributed by atoms with Crippen LogP contribution < -0.4 is 0 Å². The lowest BCUT2D eigenvalue weighted by Gasteiger charge is -2.23. The van der Waals surface area contributed by atoms with Gasteiger partial charge in [-0.05, 0) is 45.6 Å². The SMILES string of the molecule is CCOC(=O)CC(=O)C=CCC(C)CCCC(C)(C)OC. The first-order valence-electron chi connectivity index (χ1n) is 7.71. The van der Waals surface area contributed by atoms with E-state index in [2.05, 4.69) is 20.8 Å². The van der Waals surface area contributed by atoms with Gasteiger partial charge in [0.05, 0.1) is 12.2 Å². The van der Waals surface area contributed by atoms with Crippen molar-refractivity contribution in [3.63, 3.8) is 0 Å². The largest absolute Gasteiger partial charge is 0.466 e. The minimum absolute atomic E-state index is 0.0643. The van der Waals surface area contributed by atoms with E-state index in [-0.39, 0.29) is 17.8 Å². The monoisotopic (exact) mass is 298 g/mol. The Morgan fingerprint density at radius 3 is 2.52 bits per heavy atom. The molecule has 0 aromatic heterocycles. The number of ketones is 1. The fraction of sp³-hybridized carbons (Fsp3) is 0.765. The van der Waals surface area contributed by atoms with Gasteiger partial charge in [-0.15, -0.1) is 0 Å². The second kappa shape index (κ2) is 10.6. The van der Waals surface area contributed by atoms with E-state index >= 15 is 0 Å². The molecule has 21 heavy (non-hydrogen) atoms. The third-order valence-corrected chi connectivity index (χ3v) is 3.49. The Morgan fingerprint density at radius 1 is 1.29 bits per heavy atom. The van der Waals surface area contributed by atoms with Crippen molar-refractivity contribution in [3.8, 4) is 0 Å². The van der Waals surface area contributed by atoms with Crippen LogP contribution in [0.3, 0.4) is 0 Å². The third-order valence-electron chi connectivity index (χ3n) is 3.49. The topological polar surface area (TPSA) is 52.6 Å². The molecule has 0 aromatic carbocycles. The molecular weight excluding hydrogens is 268 g/mol. The summed E-state index contributed by atoms with van der Waals surface area (Å²) in [6.07, 6.45) is 7.26. The molecule has 0 aliphatic carbocycles. The summed E-state index contributed by atoms with van der Waals surface area (Å²) in [5, 5.41) is 0. The minimum Gasteiger partial charge on any atom is -0.466 e. The zero-order valence-corrected chi connectivity index (χ0v) is 14.1. The summed E-state index contributed by atoms with van der Waals surface area (Å²) >= 11 is 0. The van der Waals surface area contributed by atoms with Gasteiger partial charge in [-0.1, -0.05) is 25.8 Å². The molecule has 1 unspecified atom stereocenters. The zero-order valence-electron chi connectivity index (χ0n) is 14.1. The number of esters is 1. The maximum atomic E-state index is 11.5. The van der Waals surface area contributed by atoms with Crippen LogP contribution in [0.1, 0.15) is 59.8 Å². The minimum atomic E-state index is -0.456. The molecule has 0 N–H and O–H groups in total. The number of hydrogen-bond acceptors (Lipinski definition) is 4. The molecule has 0 rings (SSSR count). The number of rotatable bonds is 11. The molecule has 0 spiro atoms. The molecule has 1 atom stereocenters. The second-order valence-corrected chi connectivity index (χ2v) is 6.05. The van der Waals surface area contributed by atoms with Crippen LogP contribution >= 0.6 is 0 Å². The van der Waals surface area contributed by atoms with E-state index < -0.39 is 5.97 Å². The number of allylic oxidation sites excluding steroid dienone is 2. The Morgan fingerprint density at radius 2 is 1.95 bits per heavy atom. The molecule has 0 saturated carbocycles. The van der Waals surface area contributed by atoms with Crippen LogP contribution in [0.15, 0.2) is 12.2 Å². The van der Waals surface area contributed by atoms with Gasteiger partial charge in [-0.3, -0.25) is 9.59 Å². The van der Waals surface area contributed by atoms with E-state index in [4.69, 9.17) is 9.47 Å². The van der Waals surface area contributed by atoms with E-state index in [1.54, 1.807) is 14.0 Å². The average Bonchev–Trinajstić information content (AvgIpc) is 2.38. The van der Waals surface area contributed by atoms with Crippen LogP contribution in [-0.4, -0.2) is 31.1 Å². The first-order chi connectivity index (χ1) is 9.80. The Kier molecular flexibility index (Phi) is 9.97. The molecule has 0 amide bonds. The fourth-order valence-electron chi connectivity index (χ4n) is 1.94. The summed E-state index contributed by atoms with van der Waals surface area (Å²) in [4.78, 5) is 22.6. The molecular formula is C17H30O4. The summed E-state index contributed by atoms with van der Waals surface area (Å²) in [6, 6.07) is 0. The second-order valence-electron chi connectivity index (χ2n) is 6.05. The number of carbonyl (C=O) groups excluding carboxylic acids is 2. The summed E-state index contributed by atoms with van der Waals surface area (Å²) < 4.78 is 10.1. The molecule has 0 heterocycles. The maximum Gasteiger partial charge on any atom is 0.313 e.